The molecule has 1 N–H and O–H groups in total. The zero-order valence-corrected chi connectivity index (χ0v) is 15.3. The van der Waals surface area contributed by atoms with Crippen molar-refractivity contribution in [2.75, 3.05) is 26.1 Å². The predicted molar refractivity (Wildman–Crippen MR) is 91.0 cm³/mol. The van der Waals surface area contributed by atoms with Crippen LogP contribution in [0.3, 0.4) is 0 Å². The van der Waals surface area contributed by atoms with Crippen LogP contribution >= 0.6 is 22.9 Å². The maximum Gasteiger partial charge on any atom is 0.349 e. The van der Waals surface area contributed by atoms with Crippen LogP contribution in [0.2, 0.25) is 4.34 Å². The molecule has 0 spiro atoms. The first-order valence-electron chi connectivity index (χ1n) is 6.45. The number of esters is 1. The van der Waals surface area contributed by atoms with Gasteiger partial charge in [-0.25, -0.2) is 13.2 Å². The maximum atomic E-state index is 12.7. The number of hydrogen-bond acceptors (Lipinski definition) is 7. The Morgan fingerprint density at radius 1 is 1.17 bits per heavy atom. The molecule has 0 fully saturated rings. The lowest BCUT2D eigenvalue weighted by Crippen LogP contribution is -2.16. The van der Waals surface area contributed by atoms with Crippen LogP contribution < -0.4 is 14.2 Å². The Morgan fingerprint density at radius 2 is 1.88 bits per heavy atom. The maximum absolute atomic E-state index is 12.7. The van der Waals surface area contributed by atoms with Crippen LogP contribution in [0.1, 0.15) is 9.67 Å². The molecule has 0 radical (unpaired) electrons. The number of halogens is 1. The molecule has 0 saturated carbocycles. The standard InChI is InChI=1S/C14H14ClNO6S2/c1-20-8-4-5-10(21-2)9(6-8)16-24(18,19)11-7-12(15)23-13(11)14(17)22-3/h4-7,16H,1-3H3. The molecule has 0 aliphatic heterocycles. The molecule has 2 rings (SSSR count). The van der Waals surface area contributed by atoms with Crippen LogP contribution in [0.15, 0.2) is 29.2 Å². The number of ether oxygens (including phenoxy) is 3. The smallest absolute Gasteiger partial charge is 0.349 e. The van der Waals surface area contributed by atoms with Crippen molar-refractivity contribution < 1.29 is 27.4 Å². The largest absolute Gasteiger partial charge is 0.497 e. The van der Waals surface area contributed by atoms with Crippen molar-refractivity contribution in [2.45, 2.75) is 4.90 Å². The topological polar surface area (TPSA) is 90.9 Å². The van der Waals surface area contributed by atoms with Gasteiger partial charge in [0.25, 0.3) is 10.0 Å². The Kier molecular flexibility index (Phi) is 5.58. The number of hydrogen-bond donors (Lipinski definition) is 1. The van der Waals surface area contributed by atoms with Crippen LogP contribution in [-0.2, 0) is 14.8 Å². The number of rotatable bonds is 6. The lowest BCUT2D eigenvalue weighted by atomic mass is 10.3. The van der Waals surface area contributed by atoms with Gasteiger partial charge in [0.1, 0.15) is 21.3 Å². The average Bonchev–Trinajstić information content (AvgIpc) is 2.96. The highest BCUT2D eigenvalue weighted by Crippen LogP contribution is 2.35. The zero-order chi connectivity index (χ0) is 17.9. The third-order valence-electron chi connectivity index (χ3n) is 2.98. The molecule has 1 aromatic heterocycles. The second kappa shape index (κ2) is 7.29. The Morgan fingerprint density at radius 3 is 2.46 bits per heavy atom. The number of carbonyl (C=O) groups is 1. The SMILES string of the molecule is COC(=O)c1sc(Cl)cc1S(=O)(=O)Nc1cc(OC)ccc1OC. The molecule has 0 aliphatic carbocycles. The van der Waals surface area contributed by atoms with E-state index in [1.807, 2.05) is 0 Å². The first-order chi connectivity index (χ1) is 11.3. The summed E-state index contributed by atoms with van der Waals surface area (Å²) in [6.07, 6.45) is 0. The minimum Gasteiger partial charge on any atom is -0.497 e. The van der Waals surface area contributed by atoms with E-state index in [2.05, 4.69) is 9.46 Å². The number of nitrogens with one attached hydrogen (secondary N) is 1. The molecule has 130 valence electrons. The quantitative estimate of drug-likeness (QED) is 0.761. The normalized spacial score (nSPS) is 11.0. The van der Waals surface area contributed by atoms with E-state index in [9.17, 15) is 13.2 Å². The van der Waals surface area contributed by atoms with E-state index in [0.29, 0.717) is 11.5 Å². The molecule has 0 atom stereocenters. The van der Waals surface area contributed by atoms with E-state index < -0.39 is 16.0 Å². The van der Waals surface area contributed by atoms with Gasteiger partial charge in [-0.2, -0.15) is 0 Å². The highest BCUT2D eigenvalue weighted by Gasteiger charge is 2.27. The fraction of sp³-hybridized carbons (Fsp3) is 0.214. The van der Waals surface area contributed by atoms with Gasteiger partial charge in [0.15, 0.2) is 0 Å². The van der Waals surface area contributed by atoms with E-state index in [4.69, 9.17) is 21.1 Å². The zero-order valence-electron chi connectivity index (χ0n) is 13.0. The Bertz CT molecular complexity index is 862. The molecular weight excluding hydrogens is 378 g/mol. The number of thiophene rings is 1. The van der Waals surface area contributed by atoms with Crippen molar-refractivity contribution in [3.63, 3.8) is 0 Å². The molecule has 10 heteroatoms. The molecular formula is C14H14ClNO6S2. The molecule has 0 saturated heterocycles. The summed E-state index contributed by atoms with van der Waals surface area (Å²) in [7, 11) is -0.0824. The van der Waals surface area contributed by atoms with Gasteiger partial charge < -0.3 is 14.2 Å². The second-order valence-electron chi connectivity index (χ2n) is 4.41. The molecule has 24 heavy (non-hydrogen) atoms. The van der Waals surface area contributed by atoms with E-state index in [1.165, 1.54) is 26.4 Å². The highest BCUT2D eigenvalue weighted by atomic mass is 35.5. The third-order valence-corrected chi connectivity index (χ3v) is 5.74. The number of benzene rings is 1. The summed E-state index contributed by atoms with van der Waals surface area (Å²) in [5, 5.41) is 0. The summed E-state index contributed by atoms with van der Waals surface area (Å²) in [5.74, 6) is -0.0600. The van der Waals surface area contributed by atoms with Crippen molar-refractivity contribution in [2.24, 2.45) is 0 Å². The van der Waals surface area contributed by atoms with Gasteiger partial charge in [0.05, 0.1) is 31.4 Å². The number of methoxy groups -OCH3 is 3. The number of sulfonamides is 1. The van der Waals surface area contributed by atoms with E-state index >= 15 is 0 Å². The summed E-state index contributed by atoms with van der Waals surface area (Å²) in [4.78, 5) is 11.4. The van der Waals surface area contributed by atoms with Gasteiger partial charge in [-0.05, 0) is 18.2 Å². The van der Waals surface area contributed by atoms with Crippen LogP contribution in [0.25, 0.3) is 0 Å². The van der Waals surface area contributed by atoms with Crippen LogP contribution in [0, 0.1) is 0 Å². The molecule has 1 aromatic carbocycles. The van der Waals surface area contributed by atoms with Gasteiger partial charge in [-0.1, -0.05) is 11.6 Å². The minimum absolute atomic E-state index is 0.114. The third kappa shape index (κ3) is 3.74. The lowest BCUT2D eigenvalue weighted by molar-refractivity contribution is 0.0602. The lowest BCUT2D eigenvalue weighted by Gasteiger charge is -2.13. The van der Waals surface area contributed by atoms with Gasteiger partial charge in [-0.15, -0.1) is 11.3 Å². The average molecular weight is 392 g/mol. The molecule has 1 heterocycles. The number of carbonyl (C=O) groups excluding carboxylic acids is 1. The monoisotopic (exact) mass is 391 g/mol. The molecule has 0 bridgehead atoms. The molecule has 2 aromatic rings. The van der Waals surface area contributed by atoms with Gasteiger partial charge in [0.2, 0.25) is 0 Å². The van der Waals surface area contributed by atoms with Crippen molar-refractivity contribution in [1.29, 1.82) is 0 Å². The fourth-order valence-electron chi connectivity index (χ4n) is 1.87. The van der Waals surface area contributed by atoms with Gasteiger partial charge in [0, 0.05) is 6.07 Å². The van der Waals surface area contributed by atoms with Crippen LogP contribution in [0.5, 0.6) is 11.5 Å². The minimum atomic E-state index is -4.10. The summed E-state index contributed by atoms with van der Waals surface area (Å²) >= 11 is 6.67. The summed E-state index contributed by atoms with van der Waals surface area (Å²) in [5.41, 5.74) is 0.162. The predicted octanol–water partition coefficient (Wildman–Crippen LogP) is 3.01. The van der Waals surface area contributed by atoms with Crippen molar-refractivity contribution >= 4 is 44.6 Å². The van der Waals surface area contributed by atoms with Gasteiger partial charge >= 0.3 is 5.97 Å². The summed E-state index contributed by atoms with van der Waals surface area (Å²) in [6, 6.07) is 5.83. The highest BCUT2D eigenvalue weighted by molar-refractivity contribution is 7.93. The Labute approximate surface area is 148 Å². The first-order valence-corrected chi connectivity index (χ1v) is 9.12. The molecule has 0 amide bonds. The second-order valence-corrected chi connectivity index (χ2v) is 7.74. The van der Waals surface area contributed by atoms with Crippen molar-refractivity contribution in [3.8, 4) is 11.5 Å². The molecule has 7 nitrogen and oxygen atoms in total. The first kappa shape index (κ1) is 18.4. The Hall–Kier alpha value is -1.97. The van der Waals surface area contributed by atoms with E-state index in [0.717, 1.165) is 18.4 Å². The van der Waals surface area contributed by atoms with Gasteiger partial charge in [-0.3, -0.25) is 4.72 Å². The van der Waals surface area contributed by atoms with Crippen LogP contribution in [0.4, 0.5) is 5.69 Å². The summed E-state index contributed by atoms with van der Waals surface area (Å²) in [6.45, 7) is 0. The van der Waals surface area contributed by atoms with Crippen LogP contribution in [-0.4, -0.2) is 35.7 Å². The molecule has 0 aliphatic rings. The van der Waals surface area contributed by atoms with E-state index in [-0.39, 0.29) is 19.8 Å². The number of anilines is 1. The summed E-state index contributed by atoms with van der Waals surface area (Å²) < 4.78 is 42.6. The van der Waals surface area contributed by atoms with E-state index in [1.54, 1.807) is 12.1 Å². The fourth-order valence-corrected chi connectivity index (χ4v) is 4.67. The van der Waals surface area contributed by atoms with Crippen molar-refractivity contribution in [3.05, 3.63) is 33.5 Å². The van der Waals surface area contributed by atoms with Crippen molar-refractivity contribution in [1.82, 2.24) is 0 Å². The molecule has 0 unspecified atom stereocenters. The Balaban J connectivity index is 2.48.